The standard InChI is InChI=1S/C14H20INO/c1-2-13(12-8-4-3-5-9-12)14(17)16-11-7-6-10-15/h3-5,8-9,13H,2,6-7,10-11H2,1H3,(H,16,17). The molecule has 0 aliphatic rings. The Morgan fingerprint density at radius 3 is 2.59 bits per heavy atom. The summed E-state index contributed by atoms with van der Waals surface area (Å²) in [5.41, 5.74) is 1.11. The second kappa shape index (κ2) is 8.50. The van der Waals surface area contributed by atoms with E-state index in [-0.39, 0.29) is 11.8 Å². The van der Waals surface area contributed by atoms with Gasteiger partial charge in [0.15, 0.2) is 0 Å². The Balaban J connectivity index is 2.48. The summed E-state index contributed by atoms with van der Waals surface area (Å²) >= 11 is 2.36. The van der Waals surface area contributed by atoms with Crippen LogP contribution in [0, 0.1) is 0 Å². The maximum Gasteiger partial charge on any atom is 0.227 e. The topological polar surface area (TPSA) is 29.1 Å². The maximum atomic E-state index is 12.0. The van der Waals surface area contributed by atoms with Crippen LogP contribution in [0.2, 0.25) is 0 Å². The number of benzene rings is 1. The summed E-state index contributed by atoms with van der Waals surface area (Å²) in [6.07, 6.45) is 3.09. The van der Waals surface area contributed by atoms with E-state index in [4.69, 9.17) is 0 Å². The van der Waals surface area contributed by atoms with Crippen molar-refractivity contribution < 1.29 is 4.79 Å². The van der Waals surface area contributed by atoms with Crippen molar-refractivity contribution in [2.24, 2.45) is 0 Å². The van der Waals surface area contributed by atoms with E-state index in [1.54, 1.807) is 0 Å². The lowest BCUT2D eigenvalue weighted by atomic mass is 9.96. The second-order valence-corrected chi connectivity index (χ2v) is 5.14. The van der Waals surface area contributed by atoms with Gasteiger partial charge in [-0.2, -0.15) is 0 Å². The van der Waals surface area contributed by atoms with Gasteiger partial charge in [0.2, 0.25) is 5.91 Å². The number of carbonyl (C=O) groups excluding carboxylic acids is 1. The van der Waals surface area contributed by atoms with Crippen molar-refractivity contribution in [3.63, 3.8) is 0 Å². The number of nitrogens with one attached hydrogen (secondary N) is 1. The average Bonchev–Trinajstić information content (AvgIpc) is 2.37. The summed E-state index contributed by atoms with van der Waals surface area (Å²) in [6.45, 7) is 2.85. The van der Waals surface area contributed by atoms with Crippen LogP contribution in [0.25, 0.3) is 0 Å². The molecule has 17 heavy (non-hydrogen) atoms. The zero-order valence-electron chi connectivity index (χ0n) is 10.3. The van der Waals surface area contributed by atoms with E-state index < -0.39 is 0 Å². The van der Waals surface area contributed by atoms with Crippen LogP contribution in [0.3, 0.4) is 0 Å². The Morgan fingerprint density at radius 1 is 1.29 bits per heavy atom. The molecule has 3 heteroatoms. The van der Waals surface area contributed by atoms with Gasteiger partial charge < -0.3 is 5.32 Å². The van der Waals surface area contributed by atoms with Gasteiger partial charge in [-0.1, -0.05) is 59.8 Å². The summed E-state index contributed by atoms with van der Waals surface area (Å²) in [7, 11) is 0. The lowest BCUT2D eigenvalue weighted by Gasteiger charge is -2.15. The Morgan fingerprint density at radius 2 is 2.00 bits per heavy atom. The van der Waals surface area contributed by atoms with E-state index in [1.165, 1.54) is 6.42 Å². The summed E-state index contributed by atoms with van der Waals surface area (Å²) < 4.78 is 1.16. The molecule has 0 aliphatic heterocycles. The fourth-order valence-corrected chi connectivity index (χ4v) is 2.35. The van der Waals surface area contributed by atoms with Gasteiger partial charge in [0, 0.05) is 6.54 Å². The van der Waals surface area contributed by atoms with Crippen molar-refractivity contribution in [3.8, 4) is 0 Å². The quantitative estimate of drug-likeness (QED) is 0.457. The van der Waals surface area contributed by atoms with Crippen LogP contribution in [0.15, 0.2) is 30.3 Å². The smallest absolute Gasteiger partial charge is 0.227 e. The van der Waals surface area contributed by atoms with Gasteiger partial charge in [-0.3, -0.25) is 4.79 Å². The molecular formula is C14H20INO. The average molecular weight is 345 g/mol. The van der Waals surface area contributed by atoms with E-state index in [0.717, 1.165) is 29.4 Å². The van der Waals surface area contributed by atoms with E-state index in [2.05, 4.69) is 34.8 Å². The lowest BCUT2D eigenvalue weighted by Crippen LogP contribution is -2.30. The van der Waals surface area contributed by atoms with Crippen molar-refractivity contribution in [2.75, 3.05) is 11.0 Å². The molecule has 2 nitrogen and oxygen atoms in total. The SMILES string of the molecule is CCC(C(=O)NCCCCI)c1ccccc1. The zero-order chi connectivity index (χ0) is 12.5. The molecule has 0 saturated heterocycles. The van der Waals surface area contributed by atoms with E-state index >= 15 is 0 Å². The summed E-state index contributed by atoms with van der Waals surface area (Å²) in [5, 5.41) is 3.02. The highest BCUT2D eigenvalue weighted by molar-refractivity contribution is 14.1. The highest BCUT2D eigenvalue weighted by Gasteiger charge is 2.17. The number of rotatable bonds is 7. The molecule has 1 rings (SSSR count). The summed E-state index contributed by atoms with van der Waals surface area (Å²) in [4.78, 5) is 12.0. The number of amides is 1. The fraction of sp³-hybridized carbons (Fsp3) is 0.500. The second-order valence-electron chi connectivity index (χ2n) is 4.06. The Hall–Kier alpha value is -0.580. The third-order valence-electron chi connectivity index (χ3n) is 2.79. The van der Waals surface area contributed by atoms with Crippen molar-refractivity contribution in [3.05, 3.63) is 35.9 Å². The molecule has 1 N–H and O–H groups in total. The van der Waals surface area contributed by atoms with Gasteiger partial charge in [-0.05, 0) is 29.3 Å². The minimum absolute atomic E-state index is 0.00389. The van der Waals surface area contributed by atoms with E-state index in [0.29, 0.717) is 0 Å². The summed E-state index contributed by atoms with van der Waals surface area (Å²) in [5.74, 6) is 0.156. The zero-order valence-corrected chi connectivity index (χ0v) is 12.4. The molecule has 0 heterocycles. The molecular weight excluding hydrogens is 325 g/mol. The lowest BCUT2D eigenvalue weighted by molar-refractivity contribution is -0.122. The minimum atomic E-state index is -0.00389. The first-order valence-electron chi connectivity index (χ1n) is 6.18. The predicted molar refractivity (Wildman–Crippen MR) is 80.6 cm³/mol. The first-order valence-corrected chi connectivity index (χ1v) is 7.70. The Kier molecular flexibility index (Phi) is 7.24. The number of alkyl halides is 1. The molecule has 1 aromatic carbocycles. The molecule has 94 valence electrons. The minimum Gasteiger partial charge on any atom is -0.356 e. The van der Waals surface area contributed by atoms with Crippen molar-refractivity contribution >= 4 is 28.5 Å². The highest BCUT2D eigenvalue weighted by Crippen LogP contribution is 2.19. The molecule has 0 aliphatic carbocycles. The van der Waals surface area contributed by atoms with Crippen molar-refractivity contribution in [2.45, 2.75) is 32.1 Å². The van der Waals surface area contributed by atoms with Crippen LogP contribution >= 0.6 is 22.6 Å². The highest BCUT2D eigenvalue weighted by atomic mass is 127. The molecule has 1 atom stereocenters. The number of carbonyl (C=O) groups is 1. The molecule has 0 aromatic heterocycles. The molecule has 0 bridgehead atoms. The molecule has 0 radical (unpaired) electrons. The van der Waals surface area contributed by atoms with Gasteiger partial charge in [0.05, 0.1) is 5.92 Å². The van der Waals surface area contributed by atoms with Crippen LogP contribution in [-0.4, -0.2) is 16.9 Å². The van der Waals surface area contributed by atoms with Gasteiger partial charge in [-0.15, -0.1) is 0 Å². The van der Waals surface area contributed by atoms with Crippen molar-refractivity contribution in [1.82, 2.24) is 5.32 Å². The molecule has 1 amide bonds. The third kappa shape index (κ3) is 5.06. The number of halogens is 1. The van der Waals surface area contributed by atoms with Gasteiger partial charge in [-0.25, -0.2) is 0 Å². The Bertz CT molecular complexity index is 326. The van der Waals surface area contributed by atoms with Gasteiger partial charge in [0.25, 0.3) is 0 Å². The van der Waals surface area contributed by atoms with Crippen LogP contribution < -0.4 is 5.32 Å². The van der Waals surface area contributed by atoms with Crippen LogP contribution in [0.4, 0.5) is 0 Å². The van der Waals surface area contributed by atoms with Crippen LogP contribution in [-0.2, 0) is 4.79 Å². The first-order chi connectivity index (χ1) is 8.29. The van der Waals surface area contributed by atoms with Crippen LogP contribution in [0.1, 0.15) is 37.7 Å². The molecule has 1 aromatic rings. The molecule has 1 unspecified atom stereocenters. The number of unbranched alkanes of at least 4 members (excludes halogenated alkanes) is 1. The van der Waals surface area contributed by atoms with Crippen molar-refractivity contribution in [1.29, 1.82) is 0 Å². The number of hydrogen-bond donors (Lipinski definition) is 1. The van der Waals surface area contributed by atoms with E-state index in [9.17, 15) is 4.79 Å². The van der Waals surface area contributed by atoms with E-state index in [1.807, 2.05) is 30.3 Å². The molecule has 0 fully saturated rings. The maximum absolute atomic E-state index is 12.0. The third-order valence-corrected chi connectivity index (χ3v) is 3.55. The first kappa shape index (κ1) is 14.5. The van der Waals surface area contributed by atoms with Gasteiger partial charge in [0.1, 0.15) is 0 Å². The molecule has 0 spiro atoms. The van der Waals surface area contributed by atoms with Crippen LogP contribution in [0.5, 0.6) is 0 Å². The predicted octanol–water partition coefficient (Wildman–Crippen LogP) is 3.51. The fourth-order valence-electron chi connectivity index (χ4n) is 1.81. The normalized spacial score (nSPS) is 12.1. The molecule has 0 saturated carbocycles. The largest absolute Gasteiger partial charge is 0.356 e. The summed E-state index contributed by atoms with van der Waals surface area (Å²) in [6, 6.07) is 10.0. The monoisotopic (exact) mass is 345 g/mol. The Labute approximate surface area is 117 Å². The number of hydrogen-bond acceptors (Lipinski definition) is 1. The van der Waals surface area contributed by atoms with Gasteiger partial charge >= 0.3 is 0 Å².